The quantitative estimate of drug-likeness (QED) is 0.549. The molecule has 1 aliphatic rings. The SMILES string of the molecule is CCOC(=O)C1=C(COc2ccc(C(C)C)cc2)N(C)C(=O)N[C@H]1c1ccc(OC)c(OC)c1. The number of urea groups is 1. The van der Waals surface area contributed by atoms with E-state index in [0.29, 0.717) is 40.0 Å². The third kappa shape index (κ3) is 5.27. The average Bonchev–Trinajstić information content (AvgIpc) is 2.84. The van der Waals surface area contributed by atoms with Gasteiger partial charge in [-0.2, -0.15) is 0 Å². The molecule has 8 nitrogen and oxygen atoms in total. The monoisotopic (exact) mass is 468 g/mol. The van der Waals surface area contributed by atoms with Gasteiger partial charge < -0.3 is 24.3 Å². The van der Waals surface area contributed by atoms with Crippen molar-refractivity contribution >= 4 is 12.0 Å². The van der Waals surface area contributed by atoms with E-state index in [1.54, 1.807) is 39.3 Å². The zero-order chi connectivity index (χ0) is 24.8. The molecule has 182 valence electrons. The van der Waals surface area contributed by atoms with Gasteiger partial charge >= 0.3 is 12.0 Å². The largest absolute Gasteiger partial charge is 0.493 e. The Morgan fingerprint density at radius 2 is 1.74 bits per heavy atom. The highest BCUT2D eigenvalue weighted by atomic mass is 16.5. The number of ether oxygens (including phenoxy) is 4. The summed E-state index contributed by atoms with van der Waals surface area (Å²) in [5.74, 6) is 1.55. The molecule has 0 bridgehead atoms. The lowest BCUT2D eigenvalue weighted by molar-refractivity contribution is -0.139. The Hall–Kier alpha value is -3.68. The van der Waals surface area contributed by atoms with E-state index in [1.165, 1.54) is 17.6 Å². The van der Waals surface area contributed by atoms with E-state index < -0.39 is 12.0 Å². The molecule has 2 aromatic carbocycles. The molecule has 1 aliphatic heterocycles. The fraction of sp³-hybridized carbons (Fsp3) is 0.385. The molecule has 0 spiro atoms. The molecule has 0 saturated heterocycles. The second-order valence-corrected chi connectivity index (χ2v) is 8.15. The van der Waals surface area contributed by atoms with Crippen LogP contribution in [-0.4, -0.2) is 51.4 Å². The van der Waals surface area contributed by atoms with Crippen LogP contribution in [-0.2, 0) is 9.53 Å². The van der Waals surface area contributed by atoms with Crippen LogP contribution < -0.4 is 19.5 Å². The van der Waals surface area contributed by atoms with Crippen LogP contribution in [0.25, 0.3) is 0 Å². The first-order valence-corrected chi connectivity index (χ1v) is 11.2. The summed E-state index contributed by atoms with van der Waals surface area (Å²) in [5, 5.41) is 2.89. The number of methoxy groups -OCH3 is 2. The first kappa shape index (κ1) is 25.0. The standard InChI is InChI=1S/C26H32N2O6/c1-7-33-25(29)23-20(15-34-19-11-8-17(9-12-19)16(2)3)28(4)26(30)27-24(23)18-10-13-21(31-5)22(14-18)32-6/h8-14,16,24H,7,15H2,1-6H3,(H,27,30)/t24-/m0/s1. The lowest BCUT2D eigenvalue weighted by Gasteiger charge is -2.34. The Morgan fingerprint density at radius 1 is 1.06 bits per heavy atom. The van der Waals surface area contributed by atoms with Crippen molar-refractivity contribution in [3.05, 3.63) is 64.9 Å². The third-order valence-electron chi connectivity index (χ3n) is 5.74. The van der Waals surface area contributed by atoms with Crippen molar-refractivity contribution in [2.24, 2.45) is 0 Å². The maximum atomic E-state index is 13.1. The van der Waals surface area contributed by atoms with E-state index in [0.717, 1.165) is 0 Å². The highest BCUT2D eigenvalue weighted by molar-refractivity contribution is 5.95. The molecular formula is C26H32N2O6. The number of hydrogen-bond acceptors (Lipinski definition) is 6. The van der Waals surface area contributed by atoms with Gasteiger partial charge in [0.25, 0.3) is 0 Å². The van der Waals surface area contributed by atoms with Crippen molar-refractivity contribution in [3.63, 3.8) is 0 Å². The molecule has 1 N–H and O–H groups in total. The highest BCUT2D eigenvalue weighted by Crippen LogP contribution is 2.36. The van der Waals surface area contributed by atoms with Gasteiger partial charge in [-0.1, -0.05) is 32.0 Å². The normalized spacial score (nSPS) is 15.8. The molecule has 3 rings (SSSR count). The van der Waals surface area contributed by atoms with E-state index in [-0.39, 0.29) is 19.2 Å². The maximum absolute atomic E-state index is 13.1. The number of esters is 1. The van der Waals surface area contributed by atoms with Crippen molar-refractivity contribution in [1.82, 2.24) is 10.2 Å². The molecular weight excluding hydrogens is 436 g/mol. The Bertz CT molecular complexity index is 1060. The Morgan fingerprint density at radius 3 is 2.32 bits per heavy atom. The van der Waals surface area contributed by atoms with Crippen LogP contribution in [0.3, 0.4) is 0 Å². The predicted molar refractivity (Wildman–Crippen MR) is 128 cm³/mol. The van der Waals surface area contributed by atoms with Crippen molar-refractivity contribution in [2.75, 3.05) is 34.5 Å². The lowest BCUT2D eigenvalue weighted by atomic mass is 9.94. The lowest BCUT2D eigenvalue weighted by Crippen LogP contribution is -2.48. The Kier molecular flexibility index (Phi) is 8.04. The minimum absolute atomic E-state index is 0.0167. The van der Waals surface area contributed by atoms with Gasteiger partial charge in [0.15, 0.2) is 11.5 Å². The molecule has 0 unspecified atom stereocenters. The minimum Gasteiger partial charge on any atom is -0.493 e. The van der Waals surface area contributed by atoms with Gasteiger partial charge in [-0.05, 0) is 48.2 Å². The summed E-state index contributed by atoms with van der Waals surface area (Å²) in [5.41, 5.74) is 2.58. The molecule has 0 saturated carbocycles. The summed E-state index contributed by atoms with van der Waals surface area (Å²) in [7, 11) is 4.67. The van der Waals surface area contributed by atoms with Crippen LogP contribution in [0.1, 0.15) is 43.9 Å². The van der Waals surface area contributed by atoms with Gasteiger partial charge in [-0.25, -0.2) is 9.59 Å². The molecule has 0 aliphatic carbocycles. The van der Waals surface area contributed by atoms with E-state index >= 15 is 0 Å². The third-order valence-corrected chi connectivity index (χ3v) is 5.74. The van der Waals surface area contributed by atoms with Crippen LogP contribution in [0.15, 0.2) is 53.7 Å². The number of hydrogen-bond donors (Lipinski definition) is 1. The smallest absolute Gasteiger partial charge is 0.338 e. The van der Waals surface area contributed by atoms with E-state index in [9.17, 15) is 9.59 Å². The van der Waals surface area contributed by atoms with Crippen LogP contribution in [0.4, 0.5) is 4.79 Å². The highest BCUT2D eigenvalue weighted by Gasteiger charge is 2.37. The second kappa shape index (κ2) is 11.0. The Labute approximate surface area is 200 Å². The molecule has 0 radical (unpaired) electrons. The van der Waals surface area contributed by atoms with E-state index in [1.807, 2.05) is 24.3 Å². The molecule has 2 amide bonds. The van der Waals surface area contributed by atoms with Crippen molar-refractivity contribution in [1.29, 1.82) is 0 Å². The summed E-state index contributed by atoms with van der Waals surface area (Å²) >= 11 is 0. The number of nitrogens with zero attached hydrogens (tertiary/aromatic N) is 1. The summed E-state index contributed by atoms with van der Waals surface area (Å²) in [6.07, 6.45) is 0. The van der Waals surface area contributed by atoms with Gasteiger partial charge in [-0.15, -0.1) is 0 Å². The second-order valence-electron chi connectivity index (χ2n) is 8.15. The van der Waals surface area contributed by atoms with E-state index in [2.05, 4.69) is 19.2 Å². The first-order chi connectivity index (χ1) is 16.3. The van der Waals surface area contributed by atoms with Gasteiger partial charge in [-0.3, -0.25) is 4.90 Å². The number of rotatable bonds is 9. The molecule has 1 atom stereocenters. The summed E-state index contributed by atoms with van der Waals surface area (Å²) < 4.78 is 22.1. The number of amides is 2. The average molecular weight is 469 g/mol. The zero-order valence-electron chi connectivity index (χ0n) is 20.5. The fourth-order valence-corrected chi connectivity index (χ4v) is 3.76. The van der Waals surface area contributed by atoms with Gasteiger partial charge in [0.1, 0.15) is 12.4 Å². The summed E-state index contributed by atoms with van der Waals surface area (Å²) in [4.78, 5) is 27.3. The van der Waals surface area contributed by atoms with Crippen LogP contribution >= 0.6 is 0 Å². The van der Waals surface area contributed by atoms with Crippen LogP contribution in [0.2, 0.25) is 0 Å². The van der Waals surface area contributed by atoms with Crippen LogP contribution in [0, 0.1) is 0 Å². The van der Waals surface area contributed by atoms with Crippen molar-refractivity contribution in [3.8, 4) is 17.2 Å². The molecule has 0 fully saturated rings. The number of carbonyl (C=O) groups excluding carboxylic acids is 2. The van der Waals surface area contributed by atoms with Crippen LogP contribution in [0.5, 0.6) is 17.2 Å². The van der Waals surface area contributed by atoms with Crippen molar-refractivity contribution in [2.45, 2.75) is 32.7 Å². The molecule has 2 aromatic rings. The summed E-state index contributed by atoms with van der Waals surface area (Å²) in [6.45, 7) is 6.19. The molecule has 1 heterocycles. The molecule has 34 heavy (non-hydrogen) atoms. The Balaban J connectivity index is 2.02. The summed E-state index contributed by atoms with van der Waals surface area (Å²) in [6, 6.07) is 11.9. The van der Waals surface area contributed by atoms with Gasteiger partial charge in [0.2, 0.25) is 0 Å². The molecule has 8 heteroatoms. The first-order valence-electron chi connectivity index (χ1n) is 11.2. The topological polar surface area (TPSA) is 86.3 Å². The predicted octanol–water partition coefficient (Wildman–Crippen LogP) is 4.42. The molecule has 0 aromatic heterocycles. The number of nitrogens with one attached hydrogen (secondary N) is 1. The van der Waals surface area contributed by atoms with Gasteiger partial charge in [0.05, 0.1) is 38.1 Å². The fourth-order valence-electron chi connectivity index (χ4n) is 3.76. The van der Waals surface area contributed by atoms with Crippen molar-refractivity contribution < 1.29 is 28.5 Å². The van der Waals surface area contributed by atoms with E-state index in [4.69, 9.17) is 18.9 Å². The maximum Gasteiger partial charge on any atom is 0.338 e. The number of benzene rings is 2. The minimum atomic E-state index is -0.746. The number of likely N-dealkylation sites (N-methyl/N-ethyl adjacent to an activating group) is 1. The number of carbonyl (C=O) groups is 2. The zero-order valence-corrected chi connectivity index (χ0v) is 20.5. The van der Waals surface area contributed by atoms with Gasteiger partial charge in [0, 0.05) is 7.05 Å².